The maximum atomic E-state index is 6.74. The van der Waals surface area contributed by atoms with E-state index in [0.29, 0.717) is 0 Å². The Bertz CT molecular complexity index is 3490. The number of hydrogen-bond acceptors (Lipinski definition) is 3. The molecule has 276 valence electrons. The molecule has 4 heteroatoms. The SMILES string of the molecule is Cc1ccccc1N(C1=CC1(C)C)c1ccc(-c2ccc3oc4cc5oc6c(-c7ccc8c(c7)c7ccccc7n8-c7ccccc7)cccc6c5cc4c3c2)cc1. The first-order valence-electron chi connectivity index (χ1n) is 20.0. The average molecular weight is 747 g/mol. The minimum atomic E-state index is 0.0847. The molecule has 0 unspecified atom stereocenters. The highest BCUT2D eigenvalue weighted by atomic mass is 16.3. The van der Waals surface area contributed by atoms with Crippen LogP contribution in [0.3, 0.4) is 0 Å². The van der Waals surface area contributed by atoms with Crippen molar-refractivity contribution in [2.75, 3.05) is 4.90 Å². The number of hydrogen-bond donors (Lipinski definition) is 0. The summed E-state index contributed by atoms with van der Waals surface area (Å²) in [5, 5.41) is 6.79. The quantitative estimate of drug-likeness (QED) is 0.170. The van der Waals surface area contributed by atoms with E-state index in [4.69, 9.17) is 8.83 Å². The van der Waals surface area contributed by atoms with Crippen molar-refractivity contribution in [2.45, 2.75) is 20.8 Å². The van der Waals surface area contributed by atoms with Crippen molar-refractivity contribution < 1.29 is 8.83 Å². The average Bonchev–Trinajstić information content (AvgIpc) is 3.52. The van der Waals surface area contributed by atoms with Crippen molar-refractivity contribution in [3.63, 3.8) is 0 Å². The molecule has 3 heterocycles. The Hall–Kier alpha value is -7.30. The molecule has 8 aromatic carbocycles. The highest BCUT2D eigenvalue weighted by Crippen LogP contribution is 2.51. The molecule has 1 aliphatic rings. The second-order valence-corrected chi connectivity index (χ2v) is 16.3. The smallest absolute Gasteiger partial charge is 0.143 e. The summed E-state index contributed by atoms with van der Waals surface area (Å²) in [5.41, 5.74) is 16.5. The van der Waals surface area contributed by atoms with Crippen LogP contribution in [0.1, 0.15) is 19.4 Å². The van der Waals surface area contributed by atoms with Crippen LogP contribution in [0, 0.1) is 12.3 Å². The fraction of sp³-hybridized carbons (Fsp3) is 0.0741. The van der Waals surface area contributed by atoms with Gasteiger partial charge in [-0.25, -0.2) is 0 Å². The van der Waals surface area contributed by atoms with Gasteiger partial charge in [0.25, 0.3) is 0 Å². The molecule has 3 aromatic heterocycles. The van der Waals surface area contributed by atoms with Crippen LogP contribution in [0.25, 0.3) is 93.6 Å². The number of aryl methyl sites for hydroxylation is 1. The summed E-state index contributed by atoms with van der Waals surface area (Å²) in [4.78, 5) is 2.40. The Kier molecular flexibility index (Phi) is 6.86. The number of fused-ring (bicyclic) bond motifs is 9. The third-order valence-corrected chi connectivity index (χ3v) is 12.2. The van der Waals surface area contributed by atoms with Gasteiger partial charge in [-0.2, -0.15) is 0 Å². The van der Waals surface area contributed by atoms with Crippen LogP contribution in [-0.2, 0) is 0 Å². The second kappa shape index (κ2) is 12.1. The summed E-state index contributed by atoms with van der Waals surface area (Å²) in [6.45, 7) is 6.74. The Morgan fingerprint density at radius 2 is 1.14 bits per heavy atom. The fourth-order valence-electron chi connectivity index (χ4n) is 9.15. The van der Waals surface area contributed by atoms with E-state index in [2.05, 4.69) is 206 Å². The number of aromatic nitrogens is 1. The predicted molar refractivity (Wildman–Crippen MR) is 241 cm³/mol. The summed E-state index contributed by atoms with van der Waals surface area (Å²) < 4.78 is 15.6. The lowest BCUT2D eigenvalue weighted by molar-refractivity contribution is 0.656. The Morgan fingerprint density at radius 3 is 1.97 bits per heavy atom. The van der Waals surface area contributed by atoms with Gasteiger partial charge in [-0.1, -0.05) is 117 Å². The lowest BCUT2D eigenvalue weighted by Gasteiger charge is -2.27. The molecule has 0 saturated carbocycles. The standard InChI is InChI=1S/C54H38N2O2/c1-33-12-7-9-18-46(33)56(52-32-54(52,2)3)38-24-20-34(21-25-38)35-23-27-49-43(28-35)45-30-44-41-17-11-16-39(53(41)58-51(44)31-50(45)57-49)36-22-26-48-42(29-36)40-15-8-10-19-47(40)55(48)37-13-5-4-6-14-37/h4-32H,1-3H3. The third-order valence-electron chi connectivity index (χ3n) is 12.2. The van der Waals surface area contributed by atoms with E-state index in [1.165, 1.54) is 38.8 Å². The molecule has 0 bridgehead atoms. The first-order chi connectivity index (χ1) is 28.4. The van der Waals surface area contributed by atoms with Crippen LogP contribution < -0.4 is 4.90 Å². The monoisotopic (exact) mass is 746 g/mol. The Labute approximate surface area is 335 Å². The van der Waals surface area contributed by atoms with Crippen molar-refractivity contribution >= 4 is 77.1 Å². The molecule has 0 amide bonds. The molecule has 12 rings (SSSR count). The molecule has 0 radical (unpaired) electrons. The minimum absolute atomic E-state index is 0.0847. The minimum Gasteiger partial charge on any atom is -0.456 e. The van der Waals surface area contributed by atoms with E-state index in [9.17, 15) is 0 Å². The molecule has 0 N–H and O–H groups in total. The van der Waals surface area contributed by atoms with Crippen molar-refractivity contribution in [3.8, 4) is 27.9 Å². The van der Waals surface area contributed by atoms with Crippen molar-refractivity contribution in [3.05, 3.63) is 187 Å². The van der Waals surface area contributed by atoms with Gasteiger partial charge < -0.3 is 18.3 Å². The van der Waals surface area contributed by atoms with Crippen molar-refractivity contribution in [2.24, 2.45) is 5.41 Å². The molecule has 0 aliphatic heterocycles. The van der Waals surface area contributed by atoms with Gasteiger partial charge in [-0.15, -0.1) is 0 Å². The van der Waals surface area contributed by atoms with E-state index >= 15 is 0 Å². The highest BCUT2D eigenvalue weighted by Gasteiger charge is 2.39. The van der Waals surface area contributed by atoms with Gasteiger partial charge in [0.1, 0.15) is 22.3 Å². The molecule has 0 spiro atoms. The zero-order chi connectivity index (χ0) is 38.7. The van der Waals surface area contributed by atoms with E-state index in [1.54, 1.807) is 0 Å². The number of rotatable bonds is 6. The van der Waals surface area contributed by atoms with Crippen molar-refractivity contribution in [1.29, 1.82) is 0 Å². The van der Waals surface area contributed by atoms with E-state index < -0.39 is 0 Å². The van der Waals surface area contributed by atoms with Gasteiger partial charge in [-0.05, 0) is 95.9 Å². The largest absolute Gasteiger partial charge is 0.456 e. The number of para-hydroxylation sites is 4. The molecular formula is C54H38N2O2. The number of allylic oxidation sites excluding steroid dienone is 2. The van der Waals surface area contributed by atoms with E-state index in [0.717, 1.165) is 77.5 Å². The lowest BCUT2D eigenvalue weighted by atomic mass is 9.99. The third kappa shape index (κ3) is 4.94. The van der Waals surface area contributed by atoms with E-state index in [-0.39, 0.29) is 5.41 Å². The molecule has 0 saturated heterocycles. The van der Waals surface area contributed by atoms with Gasteiger partial charge in [0.2, 0.25) is 0 Å². The Morgan fingerprint density at radius 1 is 0.483 bits per heavy atom. The molecule has 0 fully saturated rings. The van der Waals surface area contributed by atoms with Crippen LogP contribution >= 0.6 is 0 Å². The van der Waals surface area contributed by atoms with Gasteiger partial charge >= 0.3 is 0 Å². The van der Waals surface area contributed by atoms with Crippen LogP contribution in [0.5, 0.6) is 0 Å². The molecule has 0 atom stereocenters. The molecule has 1 aliphatic carbocycles. The highest BCUT2D eigenvalue weighted by molar-refractivity contribution is 6.18. The lowest BCUT2D eigenvalue weighted by Crippen LogP contribution is -2.16. The zero-order valence-corrected chi connectivity index (χ0v) is 32.5. The number of nitrogens with zero attached hydrogens (tertiary/aromatic N) is 2. The van der Waals surface area contributed by atoms with Crippen LogP contribution in [0.2, 0.25) is 0 Å². The van der Waals surface area contributed by atoms with Crippen LogP contribution in [-0.4, -0.2) is 4.57 Å². The zero-order valence-electron chi connectivity index (χ0n) is 32.5. The number of anilines is 2. The van der Waals surface area contributed by atoms with Crippen LogP contribution in [0.15, 0.2) is 190 Å². The van der Waals surface area contributed by atoms with Gasteiger partial charge in [0.15, 0.2) is 0 Å². The summed E-state index contributed by atoms with van der Waals surface area (Å²) in [6.07, 6.45) is 2.35. The Balaban J connectivity index is 0.941. The molecule has 11 aromatic rings. The normalized spacial score (nSPS) is 13.7. The summed E-state index contributed by atoms with van der Waals surface area (Å²) >= 11 is 0. The van der Waals surface area contributed by atoms with Gasteiger partial charge in [0, 0.05) is 72.1 Å². The van der Waals surface area contributed by atoms with E-state index in [1.807, 2.05) is 0 Å². The molecular weight excluding hydrogens is 709 g/mol. The first kappa shape index (κ1) is 32.9. The van der Waals surface area contributed by atoms with Gasteiger partial charge in [0.05, 0.1) is 11.0 Å². The number of benzene rings is 8. The predicted octanol–water partition coefficient (Wildman–Crippen LogP) is 15.3. The molecule has 58 heavy (non-hydrogen) atoms. The summed E-state index contributed by atoms with van der Waals surface area (Å²) in [5.74, 6) is 0. The maximum Gasteiger partial charge on any atom is 0.143 e. The topological polar surface area (TPSA) is 34.5 Å². The van der Waals surface area contributed by atoms with Crippen LogP contribution in [0.4, 0.5) is 11.4 Å². The summed E-state index contributed by atoms with van der Waals surface area (Å²) in [6, 6.07) is 60.9. The fourth-order valence-corrected chi connectivity index (χ4v) is 9.15. The molecule has 4 nitrogen and oxygen atoms in total. The summed E-state index contributed by atoms with van der Waals surface area (Å²) in [7, 11) is 0. The maximum absolute atomic E-state index is 6.74. The first-order valence-corrected chi connectivity index (χ1v) is 20.0. The van der Waals surface area contributed by atoms with Gasteiger partial charge in [-0.3, -0.25) is 0 Å². The second-order valence-electron chi connectivity index (χ2n) is 16.3. The van der Waals surface area contributed by atoms with Crippen molar-refractivity contribution in [1.82, 2.24) is 4.57 Å². The number of furan rings is 2.